The first-order chi connectivity index (χ1) is 19.7. The number of phenolic OH excluding ortho intramolecular Hbond substituents is 1. The summed E-state index contributed by atoms with van der Waals surface area (Å²) in [5.74, 6) is -0.327. The van der Waals surface area contributed by atoms with Gasteiger partial charge in [0.05, 0.1) is 11.4 Å². The van der Waals surface area contributed by atoms with Crippen molar-refractivity contribution in [3.8, 4) is 34.0 Å². The van der Waals surface area contributed by atoms with Crippen molar-refractivity contribution < 1.29 is 30.9 Å². The highest BCUT2D eigenvalue weighted by Crippen LogP contribution is 2.34. The van der Waals surface area contributed by atoms with Gasteiger partial charge in [0.1, 0.15) is 29.4 Å². The lowest BCUT2D eigenvalue weighted by atomic mass is 10.1. The average Bonchev–Trinajstić information content (AvgIpc) is 2.98. The molecule has 0 bridgehead atoms. The molecule has 0 unspecified atom stereocenters. The molecule has 2 heterocycles. The second kappa shape index (κ2) is 11.2. The van der Waals surface area contributed by atoms with Crippen LogP contribution in [0.25, 0.3) is 44.3 Å². The predicted octanol–water partition coefficient (Wildman–Crippen LogP) is 6.53. The minimum Gasteiger partial charge on any atom is -0.506 e. The van der Waals surface area contributed by atoms with Crippen molar-refractivity contribution in [1.82, 2.24) is 19.9 Å². The molecule has 12 heteroatoms. The van der Waals surface area contributed by atoms with Crippen molar-refractivity contribution in [2.45, 2.75) is 5.51 Å². The molecule has 0 aliphatic rings. The van der Waals surface area contributed by atoms with Gasteiger partial charge in [-0.1, -0.05) is 84.9 Å². The number of nitrogens with zero attached hydrogens (tertiary/aromatic N) is 4. The smallest absolute Gasteiger partial charge is 0.506 e. The van der Waals surface area contributed by atoms with E-state index in [4.69, 9.17) is 0 Å². The lowest BCUT2D eigenvalue weighted by molar-refractivity contribution is -0.0499. The van der Waals surface area contributed by atoms with Crippen molar-refractivity contribution in [1.29, 1.82) is 0 Å². The van der Waals surface area contributed by atoms with Crippen LogP contribution in [-0.4, -0.2) is 39.0 Å². The van der Waals surface area contributed by atoms with Gasteiger partial charge in [0, 0.05) is 21.9 Å². The second-order valence-electron chi connectivity index (χ2n) is 8.49. The van der Waals surface area contributed by atoms with Crippen LogP contribution in [0.2, 0.25) is 0 Å². The monoisotopic (exact) mass is 576 g/mol. The van der Waals surface area contributed by atoms with Gasteiger partial charge >= 0.3 is 15.6 Å². The number of phenols is 1. The van der Waals surface area contributed by atoms with Gasteiger partial charge in [-0.3, -0.25) is 0 Å². The maximum Gasteiger partial charge on any atom is 0.534 e. The van der Waals surface area contributed by atoms with Crippen molar-refractivity contribution in [3.63, 3.8) is 0 Å². The van der Waals surface area contributed by atoms with Gasteiger partial charge in [0.25, 0.3) is 0 Å². The summed E-state index contributed by atoms with van der Waals surface area (Å²) in [6.45, 7) is 0. The molecule has 0 saturated heterocycles. The topological polar surface area (TPSA) is 115 Å². The molecule has 0 atom stereocenters. The SMILES string of the molecule is O=S(=O)(Oc1cccc2c(-c3ccccc3)ncnc12)C(F)(F)F.Oc1cccc2c(-c3ccccc3)ncnc12. The van der Waals surface area contributed by atoms with E-state index in [2.05, 4.69) is 24.1 Å². The maximum atomic E-state index is 12.5. The van der Waals surface area contributed by atoms with Gasteiger partial charge < -0.3 is 9.29 Å². The third kappa shape index (κ3) is 5.77. The van der Waals surface area contributed by atoms with Gasteiger partial charge in [-0.15, -0.1) is 0 Å². The van der Waals surface area contributed by atoms with Crippen LogP contribution in [0.5, 0.6) is 11.5 Å². The Morgan fingerprint density at radius 2 is 1.10 bits per heavy atom. The standard InChI is InChI=1S/C15H9F3N2O3S.C14H10N2O/c16-15(17,18)24(21,22)23-12-8-4-7-11-13(19-9-20-14(11)12)10-5-2-1-3-6-10;17-12-8-4-7-11-13(15-9-16-14(11)12)10-5-2-1-3-6-10/h1-9H;1-9,17H. The minimum atomic E-state index is -5.78. The number of hydrogen-bond donors (Lipinski definition) is 1. The molecule has 206 valence electrons. The number of rotatable bonds is 4. The van der Waals surface area contributed by atoms with E-state index in [1.165, 1.54) is 12.4 Å². The van der Waals surface area contributed by atoms with Crippen LogP contribution in [0, 0.1) is 0 Å². The van der Waals surface area contributed by atoms with E-state index in [9.17, 15) is 26.7 Å². The van der Waals surface area contributed by atoms with Gasteiger partial charge in [0.15, 0.2) is 5.75 Å². The molecule has 6 aromatic rings. The summed E-state index contributed by atoms with van der Waals surface area (Å²) >= 11 is 0. The average molecular weight is 577 g/mol. The molecule has 41 heavy (non-hydrogen) atoms. The third-order valence-corrected chi connectivity index (χ3v) is 6.81. The first-order valence-electron chi connectivity index (χ1n) is 11.9. The number of aromatic nitrogens is 4. The summed E-state index contributed by atoms with van der Waals surface area (Å²) in [4.78, 5) is 16.4. The van der Waals surface area contributed by atoms with Crippen LogP contribution in [0.4, 0.5) is 13.2 Å². The van der Waals surface area contributed by atoms with E-state index in [1.54, 1.807) is 48.5 Å². The number of fused-ring (bicyclic) bond motifs is 2. The van der Waals surface area contributed by atoms with Crippen LogP contribution in [0.1, 0.15) is 0 Å². The first-order valence-corrected chi connectivity index (χ1v) is 13.3. The highest BCUT2D eigenvalue weighted by Gasteiger charge is 2.48. The number of aromatic hydroxyl groups is 1. The summed E-state index contributed by atoms with van der Waals surface area (Å²) < 4.78 is 64.2. The number of para-hydroxylation sites is 2. The van der Waals surface area contributed by atoms with Crippen molar-refractivity contribution >= 4 is 31.9 Å². The number of halogens is 3. The Kier molecular flexibility index (Phi) is 7.49. The van der Waals surface area contributed by atoms with E-state index in [0.29, 0.717) is 22.2 Å². The van der Waals surface area contributed by atoms with E-state index >= 15 is 0 Å². The van der Waals surface area contributed by atoms with E-state index < -0.39 is 21.4 Å². The lowest BCUT2D eigenvalue weighted by Gasteiger charge is -2.12. The minimum absolute atomic E-state index is 0.0285. The molecule has 0 aliphatic heterocycles. The molecular formula is C29H19F3N4O4S. The molecular weight excluding hydrogens is 557 g/mol. The zero-order valence-electron chi connectivity index (χ0n) is 20.9. The van der Waals surface area contributed by atoms with Gasteiger partial charge in [-0.05, 0) is 12.1 Å². The fourth-order valence-corrected chi connectivity index (χ4v) is 4.48. The highest BCUT2D eigenvalue weighted by atomic mass is 32.2. The normalized spacial score (nSPS) is 11.6. The Morgan fingerprint density at radius 1 is 0.610 bits per heavy atom. The van der Waals surface area contributed by atoms with Gasteiger partial charge in [-0.25, -0.2) is 19.9 Å². The number of hydrogen-bond acceptors (Lipinski definition) is 8. The van der Waals surface area contributed by atoms with Crippen LogP contribution in [-0.2, 0) is 10.1 Å². The Bertz CT molecular complexity index is 1940. The Balaban J connectivity index is 0.000000174. The van der Waals surface area contributed by atoms with Crippen LogP contribution < -0.4 is 4.18 Å². The largest absolute Gasteiger partial charge is 0.534 e. The fraction of sp³-hybridized carbons (Fsp3) is 0.0345. The highest BCUT2D eigenvalue weighted by molar-refractivity contribution is 7.88. The third-order valence-electron chi connectivity index (χ3n) is 5.85. The molecule has 6 rings (SSSR count). The molecule has 2 aromatic heterocycles. The van der Waals surface area contributed by atoms with Crippen molar-refractivity contribution in [3.05, 3.63) is 110 Å². The quantitative estimate of drug-likeness (QED) is 0.186. The van der Waals surface area contributed by atoms with E-state index in [0.717, 1.165) is 29.0 Å². The lowest BCUT2D eigenvalue weighted by Crippen LogP contribution is -2.28. The van der Waals surface area contributed by atoms with Crippen molar-refractivity contribution in [2.75, 3.05) is 0 Å². The molecule has 0 radical (unpaired) electrons. The molecule has 0 saturated carbocycles. The fourth-order valence-electron chi connectivity index (χ4n) is 4.02. The van der Waals surface area contributed by atoms with Crippen molar-refractivity contribution in [2.24, 2.45) is 0 Å². The van der Waals surface area contributed by atoms with E-state index in [1.807, 2.05) is 36.4 Å². The molecule has 8 nitrogen and oxygen atoms in total. The first kappa shape index (κ1) is 27.5. The Morgan fingerprint density at radius 3 is 1.63 bits per heavy atom. The summed E-state index contributed by atoms with van der Waals surface area (Å²) in [7, 11) is -5.78. The van der Waals surface area contributed by atoms with Crippen LogP contribution in [0.3, 0.4) is 0 Å². The Hall–Kier alpha value is -5.10. The second-order valence-corrected chi connectivity index (χ2v) is 10.0. The molecule has 0 spiro atoms. The maximum absolute atomic E-state index is 12.5. The molecule has 0 amide bonds. The molecule has 4 aromatic carbocycles. The summed E-state index contributed by atoms with van der Waals surface area (Å²) in [5, 5.41) is 11.0. The molecule has 0 fully saturated rings. The zero-order chi connectivity index (χ0) is 29.0. The predicted molar refractivity (Wildman–Crippen MR) is 147 cm³/mol. The molecule has 1 N–H and O–H groups in total. The number of benzene rings is 4. The zero-order valence-corrected chi connectivity index (χ0v) is 21.7. The van der Waals surface area contributed by atoms with Gasteiger partial charge in [-0.2, -0.15) is 21.6 Å². The molecule has 0 aliphatic carbocycles. The van der Waals surface area contributed by atoms with Crippen LogP contribution in [0.15, 0.2) is 110 Å². The summed E-state index contributed by atoms with van der Waals surface area (Å²) in [6.07, 6.45) is 2.61. The van der Waals surface area contributed by atoms with Crippen LogP contribution >= 0.6 is 0 Å². The summed E-state index contributed by atoms with van der Waals surface area (Å²) in [5.41, 5.74) is -1.95. The Labute approximate surface area is 231 Å². The summed E-state index contributed by atoms with van der Waals surface area (Å²) in [6, 6.07) is 28.2. The van der Waals surface area contributed by atoms with E-state index in [-0.39, 0.29) is 11.3 Å². The number of alkyl halides is 3. The van der Waals surface area contributed by atoms with Gasteiger partial charge in [0.2, 0.25) is 0 Å².